The standard InChI is InChI=1S/C21H24N4O5/c1-12-6-7-14(13(2)8-12)9-18-24-25-21(30-18)23-20(26)22-15-10-16(27-3)19(29-5)17(11-15)28-4/h6-8,10-11H,9H2,1-5H3,(H2,22,23,25,26). The summed E-state index contributed by atoms with van der Waals surface area (Å²) in [6.07, 6.45) is 0.481. The second-order valence-electron chi connectivity index (χ2n) is 6.60. The Morgan fingerprint density at radius 3 is 2.27 bits per heavy atom. The van der Waals surface area contributed by atoms with Gasteiger partial charge in [0, 0.05) is 12.1 Å². The monoisotopic (exact) mass is 412 g/mol. The zero-order valence-electron chi connectivity index (χ0n) is 17.5. The number of benzene rings is 2. The molecule has 0 spiro atoms. The molecule has 1 aromatic heterocycles. The lowest BCUT2D eigenvalue weighted by Gasteiger charge is -2.14. The summed E-state index contributed by atoms with van der Waals surface area (Å²) in [5.41, 5.74) is 3.85. The number of nitrogens with zero attached hydrogens (tertiary/aromatic N) is 2. The van der Waals surface area contributed by atoms with Crippen LogP contribution in [-0.2, 0) is 6.42 Å². The molecule has 9 heteroatoms. The second kappa shape index (κ2) is 9.17. The predicted molar refractivity (Wildman–Crippen MR) is 112 cm³/mol. The van der Waals surface area contributed by atoms with Gasteiger partial charge in [0.1, 0.15) is 0 Å². The van der Waals surface area contributed by atoms with Crippen molar-refractivity contribution in [2.45, 2.75) is 20.3 Å². The molecule has 2 aromatic carbocycles. The number of carbonyl (C=O) groups excluding carboxylic acids is 1. The van der Waals surface area contributed by atoms with Crippen LogP contribution in [0.25, 0.3) is 0 Å². The van der Waals surface area contributed by atoms with E-state index in [-0.39, 0.29) is 6.01 Å². The number of ether oxygens (including phenoxy) is 3. The summed E-state index contributed by atoms with van der Waals surface area (Å²) >= 11 is 0. The molecule has 0 radical (unpaired) electrons. The third kappa shape index (κ3) is 4.80. The minimum Gasteiger partial charge on any atom is -0.493 e. The van der Waals surface area contributed by atoms with E-state index in [0.717, 1.165) is 11.1 Å². The van der Waals surface area contributed by atoms with Crippen molar-refractivity contribution in [2.24, 2.45) is 0 Å². The highest BCUT2D eigenvalue weighted by Gasteiger charge is 2.16. The molecule has 3 aromatic rings. The molecule has 158 valence electrons. The summed E-state index contributed by atoms with van der Waals surface area (Å²) in [5.74, 6) is 1.67. The van der Waals surface area contributed by atoms with E-state index < -0.39 is 6.03 Å². The van der Waals surface area contributed by atoms with Gasteiger partial charge in [0.05, 0.1) is 33.4 Å². The predicted octanol–water partition coefficient (Wildman–Crippen LogP) is 3.95. The lowest BCUT2D eigenvalue weighted by atomic mass is 10.0. The van der Waals surface area contributed by atoms with Gasteiger partial charge in [-0.1, -0.05) is 28.9 Å². The number of hydrogen-bond acceptors (Lipinski definition) is 7. The molecule has 0 aliphatic carbocycles. The zero-order valence-corrected chi connectivity index (χ0v) is 17.5. The van der Waals surface area contributed by atoms with Gasteiger partial charge in [0.2, 0.25) is 11.6 Å². The summed E-state index contributed by atoms with van der Waals surface area (Å²) in [5, 5.41) is 13.1. The molecule has 0 aliphatic heterocycles. The Labute approximate surface area is 174 Å². The lowest BCUT2D eigenvalue weighted by Crippen LogP contribution is -2.19. The number of aromatic nitrogens is 2. The first kappa shape index (κ1) is 21.0. The minimum absolute atomic E-state index is 0.000272. The van der Waals surface area contributed by atoms with Crippen LogP contribution >= 0.6 is 0 Å². The molecular weight excluding hydrogens is 388 g/mol. The first-order valence-corrected chi connectivity index (χ1v) is 9.20. The van der Waals surface area contributed by atoms with Gasteiger partial charge >= 0.3 is 12.0 Å². The van der Waals surface area contributed by atoms with E-state index in [2.05, 4.69) is 26.9 Å². The maximum atomic E-state index is 12.3. The van der Waals surface area contributed by atoms with Gasteiger partial charge < -0.3 is 23.9 Å². The quantitative estimate of drug-likeness (QED) is 0.605. The van der Waals surface area contributed by atoms with Crippen LogP contribution in [0.1, 0.15) is 22.6 Å². The van der Waals surface area contributed by atoms with E-state index >= 15 is 0 Å². The summed E-state index contributed by atoms with van der Waals surface area (Å²) in [6, 6.07) is 8.82. The van der Waals surface area contributed by atoms with Crippen molar-refractivity contribution < 1.29 is 23.4 Å². The first-order chi connectivity index (χ1) is 14.4. The van der Waals surface area contributed by atoms with Crippen molar-refractivity contribution in [3.05, 3.63) is 52.9 Å². The largest absolute Gasteiger partial charge is 0.493 e. The van der Waals surface area contributed by atoms with E-state index in [1.165, 1.54) is 26.9 Å². The lowest BCUT2D eigenvalue weighted by molar-refractivity contribution is 0.261. The van der Waals surface area contributed by atoms with Gasteiger partial charge in [0.25, 0.3) is 0 Å². The number of aryl methyl sites for hydroxylation is 2. The fraction of sp³-hybridized carbons (Fsp3) is 0.286. The Bertz CT molecular complexity index is 1020. The van der Waals surface area contributed by atoms with Crippen LogP contribution in [0.5, 0.6) is 17.2 Å². The van der Waals surface area contributed by atoms with Crippen LogP contribution in [0.4, 0.5) is 16.5 Å². The highest BCUT2D eigenvalue weighted by Crippen LogP contribution is 2.39. The second-order valence-corrected chi connectivity index (χ2v) is 6.60. The number of anilines is 2. The molecule has 9 nitrogen and oxygen atoms in total. The smallest absolute Gasteiger partial charge is 0.327 e. The van der Waals surface area contributed by atoms with Crippen LogP contribution < -0.4 is 24.8 Å². The maximum Gasteiger partial charge on any atom is 0.327 e. The normalized spacial score (nSPS) is 10.4. The summed E-state index contributed by atoms with van der Waals surface area (Å²) < 4.78 is 21.4. The van der Waals surface area contributed by atoms with E-state index in [4.69, 9.17) is 18.6 Å². The number of rotatable bonds is 7. The molecule has 3 rings (SSSR count). The zero-order chi connectivity index (χ0) is 21.7. The molecule has 30 heavy (non-hydrogen) atoms. The van der Waals surface area contributed by atoms with Crippen molar-refractivity contribution in [1.82, 2.24) is 10.2 Å². The fourth-order valence-electron chi connectivity index (χ4n) is 3.00. The van der Waals surface area contributed by atoms with Crippen LogP contribution in [0, 0.1) is 13.8 Å². The number of urea groups is 1. The Kier molecular flexibility index (Phi) is 6.41. The molecular formula is C21H24N4O5. The average molecular weight is 412 g/mol. The number of hydrogen-bond donors (Lipinski definition) is 2. The molecule has 2 amide bonds. The number of methoxy groups -OCH3 is 3. The third-order valence-corrected chi connectivity index (χ3v) is 4.45. The summed E-state index contributed by atoms with van der Waals surface area (Å²) in [6.45, 7) is 4.07. The number of carbonyl (C=O) groups is 1. The highest BCUT2D eigenvalue weighted by atomic mass is 16.5. The molecule has 0 aliphatic rings. The van der Waals surface area contributed by atoms with Crippen molar-refractivity contribution >= 4 is 17.7 Å². The van der Waals surface area contributed by atoms with Crippen molar-refractivity contribution in [3.63, 3.8) is 0 Å². The topological polar surface area (TPSA) is 108 Å². The van der Waals surface area contributed by atoms with E-state index in [9.17, 15) is 4.79 Å². The molecule has 0 bridgehead atoms. The van der Waals surface area contributed by atoms with Gasteiger partial charge in [-0.25, -0.2) is 4.79 Å². The van der Waals surface area contributed by atoms with Gasteiger partial charge in [0.15, 0.2) is 11.5 Å². The molecule has 0 saturated heterocycles. The average Bonchev–Trinajstić information content (AvgIpc) is 3.15. The molecule has 0 unspecified atom stereocenters. The number of amides is 2. The first-order valence-electron chi connectivity index (χ1n) is 9.20. The SMILES string of the molecule is COc1cc(NC(=O)Nc2nnc(Cc3ccc(C)cc3C)o2)cc(OC)c1OC. The van der Waals surface area contributed by atoms with Crippen molar-refractivity contribution in [2.75, 3.05) is 32.0 Å². The van der Waals surface area contributed by atoms with E-state index in [1.807, 2.05) is 26.0 Å². The Hall–Kier alpha value is -3.75. The minimum atomic E-state index is -0.550. The van der Waals surface area contributed by atoms with Crippen molar-refractivity contribution in [1.29, 1.82) is 0 Å². The van der Waals surface area contributed by atoms with Crippen LogP contribution in [0.3, 0.4) is 0 Å². The van der Waals surface area contributed by atoms with Gasteiger partial charge in [-0.05, 0) is 25.0 Å². The van der Waals surface area contributed by atoms with Gasteiger partial charge in [-0.15, -0.1) is 5.10 Å². The number of nitrogens with one attached hydrogen (secondary N) is 2. The molecule has 2 N–H and O–H groups in total. The van der Waals surface area contributed by atoms with E-state index in [0.29, 0.717) is 35.2 Å². The van der Waals surface area contributed by atoms with Crippen LogP contribution in [0.15, 0.2) is 34.7 Å². The Morgan fingerprint density at radius 2 is 1.67 bits per heavy atom. The Morgan fingerprint density at radius 1 is 0.967 bits per heavy atom. The maximum absolute atomic E-state index is 12.3. The molecule has 0 fully saturated rings. The molecule has 0 saturated carbocycles. The Balaban J connectivity index is 1.67. The van der Waals surface area contributed by atoms with E-state index in [1.54, 1.807) is 12.1 Å². The van der Waals surface area contributed by atoms with Gasteiger partial charge in [-0.2, -0.15) is 0 Å². The van der Waals surface area contributed by atoms with Crippen LogP contribution in [0.2, 0.25) is 0 Å². The third-order valence-electron chi connectivity index (χ3n) is 4.45. The highest BCUT2D eigenvalue weighted by molar-refractivity contribution is 5.98. The summed E-state index contributed by atoms with van der Waals surface area (Å²) in [4.78, 5) is 12.3. The van der Waals surface area contributed by atoms with Crippen LogP contribution in [-0.4, -0.2) is 37.6 Å². The summed E-state index contributed by atoms with van der Waals surface area (Å²) in [7, 11) is 4.50. The molecule has 0 atom stereocenters. The van der Waals surface area contributed by atoms with Gasteiger partial charge in [-0.3, -0.25) is 5.32 Å². The fourth-order valence-corrected chi connectivity index (χ4v) is 3.00. The van der Waals surface area contributed by atoms with Crippen molar-refractivity contribution in [3.8, 4) is 17.2 Å². The molecule has 1 heterocycles.